The lowest BCUT2D eigenvalue weighted by Gasteiger charge is -2.26. The molecule has 3 aromatic rings. The number of hydrogen-bond acceptors (Lipinski definition) is 7. The summed E-state index contributed by atoms with van der Waals surface area (Å²) in [5, 5.41) is 11.5. The van der Waals surface area contributed by atoms with Gasteiger partial charge in [-0.25, -0.2) is 0 Å². The number of ether oxygens (including phenoxy) is 3. The van der Waals surface area contributed by atoms with Gasteiger partial charge in [0, 0.05) is 12.1 Å². The zero-order chi connectivity index (χ0) is 28.8. The molecule has 1 N–H and O–H groups in total. The third-order valence-electron chi connectivity index (χ3n) is 6.95. The molecule has 0 aliphatic carbocycles. The van der Waals surface area contributed by atoms with Gasteiger partial charge in [-0.1, -0.05) is 36.4 Å². The van der Waals surface area contributed by atoms with Crippen LogP contribution in [0.15, 0.2) is 72.3 Å². The van der Waals surface area contributed by atoms with Crippen LogP contribution in [0, 0.1) is 6.92 Å². The third-order valence-corrected chi connectivity index (χ3v) is 6.95. The number of rotatable bonds is 11. The summed E-state index contributed by atoms with van der Waals surface area (Å²) >= 11 is 0. The maximum Gasteiger partial charge on any atom is 0.295 e. The van der Waals surface area contributed by atoms with Crippen LogP contribution in [0.2, 0.25) is 0 Å². The van der Waals surface area contributed by atoms with Crippen LogP contribution in [-0.4, -0.2) is 68.0 Å². The van der Waals surface area contributed by atoms with Gasteiger partial charge in [0.15, 0.2) is 11.5 Å². The number of aliphatic hydroxyl groups excluding tert-OH is 1. The summed E-state index contributed by atoms with van der Waals surface area (Å²) in [6.45, 7) is 3.38. The molecule has 1 aliphatic rings. The molecule has 8 nitrogen and oxygen atoms in total. The molecule has 8 heteroatoms. The van der Waals surface area contributed by atoms with E-state index in [1.54, 1.807) is 43.5 Å². The highest BCUT2D eigenvalue weighted by atomic mass is 16.5. The first-order valence-corrected chi connectivity index (χ1v) is 13.2. The van der Waals surface area contributed by atoms with Crippen molar-refractivity contribution >= 4 is 17.4 Å². The summed E-state index contributed by atoms with van der Waals surface area (Å²) in [6.07, 6.45) is 0.663. The zero-order valence-corrected chi connectivity index (χ0v) is 23.6. The lowest BCUT2D eigenvalue weighted by molar-refractivity contribution is -0.139. The van der Waals surface area contributed by atoms with Crippen molar-refractivity contribution in [3.05, 3.63) is 94.6 Å². The lowest BCUT2D eigenvalue weighted by atomic mass is 9.94. The van der Waals surface area contributed by atoms with E-state index >= 15 is 0 Å². The molecule has 0 spiro atoms. The number of carbonyl (C=O) groups is 2. The molecule has 210 valence electrons. The van der Waals surface area contributed by atoms with Gasteiger partial charge < -0.3 is 29.1 Å². The minimum absolute atomic E-state index is 0.0411. The van der Waals surface area contributed by atoms with Crippen molar-refractivity contribution in [2.45, 2.75) is 26.0 Å². The Labute approximate surface area is 235 Å². The Bertz CT molecular complexity index is 1400. The van der Waals surface area contributed by atoms with Crippen LogP contribution in [-0.2, 0) is 16.2 Å². The Morgan fingerprint density at radius 2 is 1.62 bits per heavy atom. The Morgan fingerprint density at radius 1 is 0.925 bits per heavy atom. The Morgan fingerprint density at radius 3 is 2.27 bits per heavy atom. The van der Waals surface area contributed by atoms with Crippen LogP contribution in [0.1, 0.15) is 34.7 Å². The molecular formula is C32H36N2O6. The second kappa shape index (κ2) is 12.7. The number of carbonyl (C=O) groups excluding carboxylic acids is 2. The predicted octanol–water partition coefficient (Wildman–Crippen LogP) is 4.96. The van der Waals surface area contributed by atoms with Crippen LogP contribution < -0.4 is 14.2 Å². The van der Waals surface area contributed by atoms with Crippen molar-refractivity contribution < 1.29 is 28.9 Å². The van der Waals surface area contributed by atoms with E-state index in [1.807, 2.05) is 56.3 Å². The fourth-order valence-corrected chi connectivity index (χ4v) is 4.89. The molecule has 3 aromatic carbocycles. The molecule has 0 aromatic heterocycles. The zero-order valence-electron chi connectivity index (χ0n) is 23.6. The van der Waals surface area contributed by atoms with E-state index in [-0.39, 0.29) is 11.3 Å². The van der Waals surface area contributed by atoms with E-state index in [0.717, 1.165) is 17.7 Å². The molecule has 1 heterocycles. The second-order valence-corrected chi connectivity index (χ2v) is 10.0. The van der Waals surface area contributed by atoms with Crippen LogP contribution in [0.5, 0.6) is 17.2 Å². The highest BCUT2D eigenvalue weighted by Crippen LogP contribution is 2.42. The smallest absolute Gasteiger partial charge is 0.295 e. The first-order valence-electron chi connectivity index (χ1n) is 13.2. The van der Waals surface area contributed by atoms with Gasteiger partial charge in [-0.2, -0.15) is 0 Å². The number of methoxy groups -OCH3 is 2. The van der Waals surface area contributed by atoms with Crippen molar-refractivity contribution in [1.82, 2.24) is 9.80 Å². The van der Waals surface area contributed by atoms with Gasteiger partial charge >= 0.3 is 0 Å². The molecule has 1 amide bonds. The standard InChI is InChI=1S/C32H36N2O6/c1-21-18-24(13-14-25(21)40-20-22-10-7-6-8-11-22)30(35)28-29(23-12-15-26(38-4)27(19-23)39-5)34(32(37)31(28)36)17-9-16-33(2)3/h6-8,10-15,18-19,29,35H,9,16-17,20H2,1-5H3/b30-28+/t29-/m0/s1. The molecule has 0 unspecified atom stereocenters. The number of nitrogens with zero attached hydrogens (tertiary/aromatic N) is 2. The number of aliphatic hydroxyl groups is 1. The average molecular weight is 545 g/mol. The van der Waals surface area contributed by atoms with Gasteiger partial charge in [-0.05, 0) is 81.0 Å². The van der Waals surface area contributed by atoms with Crippen molar-refractivity contribution in [3.63, 3.8) is 0 Å². The third kappa shape index (κ3) is 6.13. The normalized spacial score (nSPS) is 16.4. The van der Waals surface area contributed by atoms with Gasteiger partial charge in [0.1, 0.15) is 18.1 Å². The summed E-state index contributed by atoms with van der Waals surface area (Å²) < 4.78 is 16.9. The number of ketones is 1. The molecule has 4 rings (SSSR count). The number of aryl methyl sites for hydroxylation is 1. The fourth-order valence-electron chi connectivity index (χ4n) is 4.89. The van der Waals surface area contributed by atoms with Crippen molar-refractivity contribution in [2.75, 3.05) is 41.4 Å². The molecule has 1 saturated heterocycles. The maximum absolute atomic E-state index is 13.4. The van der Waals surface area contributed by atoms with Crippen LogP contribution in [0.3, 0.4) is 0 Å². The van der Waals surface area contributed by atoms with Gasteiger partial charge in [0.05, 0.1) is 25.8 Å². The van der Waals surface area contributed by atoms with E-state index in [2.05, 4.69) is 0 Å². The molecule has 1 fully saturated rings. The van der Waals surface area contributed by atoms with E-state index in [9.17, 15) is 14.7 Å². The van der Waals surface area contributed by atoms with Crippen molar-refractivity contribution in [1.29, 1.82) is 0 Å². The fraction of sp³-hybridized carbons (Fsp3) is 0.312. The second-order valence-electron chi connectivity index (χ2n) is 10.0. The quantitative estimate of drug-likeness (QED) is 0.207. The number of hydrogen-bond donors (Lipinski definition) is 1. The molecule has 0 bridgehead atoms. The summed E-state index contributed by atoms with van der Waals surface area (Å²) in [5.74, 6) is 0.0722. The van der Waals surface area contributed by atoms with Gasteiger partial charge in [-0.15, -0.1) is 0 Å². The Hall–Kier alpha value is -4.30. The summed E-state index contributed by atoms with van der Waals surface area (Å²) in [6, 6.07) is 19.6. The number of Topliss-reactive ketones (excluding diaryl/α,β-unsaturated/α-hetero) is 1. The predicted molar refractivity (Wildman–Crippen MR) is 154 cm³/mol. The topological polar surface area (TPSA) is 88.5 Å². The molecule has 1 atom stereocenters. The van der Waals surface area contributed by atoms with Gasteiger partial charge in [-0.3, -0.25) is 9.59 Å². The van der Waals surface area contributed by atoms with E-state index in [4.69, 9.17) is 14.2 Å². The SMILES string of the molecule is COc1ccc([C@H]2/C(=C(\O)c3ccc(OCc4ccccc4)c(C)c3)C(=O)C(=O)N2CCCN(C)C)cc1OC. The largest absolute Gasteiger partial charge is 0.507 e. The first-order chi connectivity index (χ1) is 19.2. The van der Waals surface area contributed by atoms with Crippen LogP contribution >= 0.6 is 0 Å². The number of likely N-dealkylation sites (tertiary alicyclic amines) is 1. The van der Waals surface area contributed by atoms with Crippen LogP contribution in [0.4, 0.5) is 0 Å². The summed E-state index contributed by atoms with van der Waals surface area (Å²) in [5.41, 5.74) is 2.95. The number of amides is 1. The minimum Gasteiger partial charge on any atom is -0.507 e. The molecule has 40 heavy (non-hydrogen) atoms. The van der Waals surface area contributed by atoms with E-state index < -0.39 is 17.7 Å². The Balaban J connectivity index is 1.72. The average Bonchev–Trinajstić information content (AvgIpc) is 3.21. The maximum atomic E-state index is 13.4. The Kier molecular flexibility index (Phi) is 9.11. The summed E-state index contributed by atoms with van der Waals surface area (Å²) in [4.78, 5) is 30.2. The van der Waals surface area contributed by atoms with E-state index in [1.165, 1.54) is 12.0 Å². The first kappa shape index (κ1) is 28.7. The number of benzene rings is 3. The highest BCUT2D eigenvalue weighted by molar-refractivity contribution is 6.46. The molecule has 1 aliphatic heterocycles. The lowest BCUT2D eigenvalue weighted by Crippen LogP contribution is -2.32. The van der Waals surface area contributed by atoms with Crippen LogP contribution in [0.25, 0.3) is 5.76 Å². The minimum atomic E-state index is -0.781. The monoisotopic (exact) mass is 544 g/mol. The van der Waals surface area contributed by atoms with Crippen molar-refractivity contribution in [3.8, 4) is 17.2 Å². The molecular weight excluding hydrogens is 508 g/mol. The molecule has 0 radical (unpaired) electrons. The van der Waals surface area contributed by atoms with Crippen molar-refractivity contribution in [2.24, 2.45) is 0 Å². The highest BCUT2D eigenvalue weighted by Gasteiger charge is 2.46. The van der Waals surface area contributed by atoms with Gasteiger partial charge in [0.25, 0.3) is 11.7 Å². The van der Waals surface area contributed by atoms with E-state index in [0.29, 0.717) is 47.9 Å². The molecule has 0 saturated carbocycles. The van der Waals surface area contributed by atoms with Gasteiger partial charge in [0.2, 0.25) is 0 Å². The summed E-state index contributed by atoms with van der Waals surface area (Å²) in [7, 11) is 6.98.